The Kier molecular flexibility index (Phi) is 19.9. The van der Waals surface area contributed by atoms with E-state index in [2.05, 4.69) is 57.9 Å². The molecule has 0 saturated heterocycles. The molecule has 3 heteroatoms. The van der Waals surface area contributed by atoms with E-state index in [4.69, 9.17) is 0 Å². The third kappa shape index (κ3) is 18.3. The van der Waals surface area contributed by atoms with E-state index in [1.165, 1.54) is 109 Å². The predicted molar refractivity (Wildman–Crippen MR) is 128 cm³/mol. The Balaban J connectivity index is 3.85. The topological polar surface area (TPSA) is 12.0 Å². The third-order valence-corrected chi connectivity index (χ3v) is 6.58. The Morgan fingerprint density at radius 2 is 1.12 bits per heavy atom. The van der Waals surface area contributed by atoms with E-state index < -0.39 is 0 Å². The maximum Gasteiger partial charge on any atom is 0.130 e. The van der Waals surface area contributed by atoms with Gasteiger partial charge in [0, 0.05) is 0 Å². The van der Waals surface area contributed by atoms with Gasteiger partial charge in [-0.15, -0.1) is 0 Å². The van der Waals surface area contributed by atoms with Crippen LogP contribution in [0.1, 0.15) is 130 Å². The third-order valence-electron chi connectivity index (χ3n) is 5.37. The average molecular weight is 497 g/mol. The smallest absolute Gasteiger partial charge is 0.130 e. The van der Waals surface area contributed by atoms with Crippen molar-refractivity contribution in [2.24, 2.45) is 5.92 Å². The van der Waals surface area contributed by atoms with Crippen LogP contribution in [0.2, 0.25) is 0 Å². The lowest BCUT2D eigenvalue weighted by Crippen LogP contribution is -2.35. The zero-order chi connectivity index (χ0) is 19.5. The second-order valence-corrected chi connectivity index (χ2v) is 11.9. The van der Waals surface area contributed by atoms with Gasteiger partial charge in [-0.1, -0.05) is 149 Å². The summed E-state index contributed by atoms with van der Waals surface area (Å²) in [5, 5.41) is 3.69. The molecule has 0 spiro atoms. The Morgan fingerprint density at radius 3 is 1.65 bits per heavy atom. The highest BCUT2D eigenvalue weighted by molar-refractivity contribution is 9.25. The van der Waals surface area contributed by atoms with Gasteiger partial charge >= 0.3 is 0 Å². The van der Waals surface area contributed by atoms with Crippen molar-refractivity contribution in [1.82, 2.24) is 5.32 Å². The number of halogens is 2. The SMILES string of the molecule is CCCCCCCCCCC(CCC)CC(Br)(Br)NCCCCCCC. The summed E-state index contributed by atoms with van der Waals surface area (Å²) in [5.74, 6) is 0.825. The predicted octanol–water partition coefficient (Wildman–Crippen LogP) is 9.33. The molecule has 0 rings (SSSR count). The molecule has 1 N–H and O–H groups in total. The van der Waals surface area contributed by atoms with E-state index >= 15 is 0 Å². The number of nitrogens with one attached hydrogen (secondary N) is 1. The lowest BCUT2D eigenvalue weighted by Gasteiger charge is -2.28. The number of hydrogen-bond donors (Lipinski definition) is 1. The average Bonchev–Trinajstić information content (AvgIpc) is 2.60. The number of hydrogen-bond acceptors (Lipinski definition) is 1. The Hall–Kier alpha value is 0.920. The fraction of sp³-hybridized carbons (Fsp3) is 1.00. The number of alkyl halides is 2. The van der Waals surface area contributed by atoms with E-state index in [0.29, 0.717) is 0 Å². The van der Waals surface area contributed by atoms with Crippen LogP contribution >= 0.6 is 31.9 Å². The monoisotopic (exact) mass is 495 g/mol. The fourth-order valence-corrected chi connectivity index (χ4v) is 5.07. The van der Waals surface area contributed by atoms with Gasteiger partial charge in [0.2, 0.25) is 0 Å². The number of unbranched alkanes of at least 4 members (excludes halogenated alkanes) is 11. The summed E-state index contributed by atoms with van der Waals surface area (Å²) in [6.07, 6.45) is 23.3. The molecule has 26 heavy (non-hydrogen) atoms. The summed E-state index contributed by atoms with van der Waals surface area (Å²) in [6, 6.07) is 0. The van der Waals surface area contributed by atoms with Crippen LogP contribution in [0.3, 0.4) is 0 Å². The summed E-state index contributed by atoms with van der Waals surface area (Å²) < 4.78 is -0.0647. The summed E-state index contributed by atoms with van der Waals surface area (Å²) in [7, 11) is 0. The number of rotatable bonds is 20. The molecule has 0 aromatic heterocycles. The summed E-state index contributed by atoms with van der Waals surface area (Å²) in [5.41, 5.74) is 0. The zero-order valence-corrected chi connectivity index (χ0v) is 21.2. The highest BCUT2D eigenvalue weighted by atomic mass is 79.9. The van der Waals surface area contributed by atoms with Gasteiger partial charge < -0.3 is 0 Å². The first-order valence-electron chi connectivity index (χ1n) is 11.7. The molecule has 1 nitrogen and oxygen atoms in total. The standard InChI is InChI=1S/C23H47Br2N/c1-4-7-9-11-12-13-14-16-19-22(18-6-3)21-23(24,25)26-20-17-15-10-8-5-2/h22,26H,4-21H2,1-3H3. The molecule has 0 amide bonds. The highest BCUT2D eigenvalue weighted by Crippen LogP contribution is 2.34. The Bertz CT molecular complexity index is 281. The molecule has 0 heterocycles. The first kappa shape index (κ1) is 26.9. The van der Waals surface area contributed by atoms with Crippen LogP contribution in [0.4, 0.5) is 0 Å². The van der Waals surface area contributed by atoms with Crippen molar-refractivity contribution >= 4 is 31.9 Å². The molecule has 0 aliphatic rings. The van der Waals surface area contributed by atoms with Crippen molar-refractivity contribution in [2.45, 2.75) is 133 Å². The minimum absolute atomic E-state index is 0.0647. The molecule has 0 aliphatic carbocycles. The second kappa shape index (κ2) is 19.2. The van der Waals surface area contributed by atoms with Gasteiger partial charge in [-0.05, 0) is 25.3 Å². The molecule has 0 fully saturated rings. The first-order valence-corrected chi connectivity index (χ1v) is 13.3. The molecule has 0 aromatic rings. The lowest BCUT2D eigenvalue weighted by atomic mass is 9.93. The lowest BCUT2D eigenvalue weighted by molar-refractivity contribution is 0.366. The van der Waals surface area contributed by atoms with Crippen molar-refractivity contribution in [3.05, 3.63) is 0 Å². The van der Waals surface area contributed by atoms with Crippen LogP contribution in [0.15, 0.2) is 0 Å². The van der Waals surface area contributed by atoms with Crippen LogP contribution < -0.4 is 5.32 Å². The van der Waals surface area contributed by atoms with Gasteiger partial charge in [0.15, 0.2) is 0 Å². The molecule has 0 radical (unpaired) electrons. The normalized spacial score (nSPS) is 13.3. The molecule has 0 aliphatic heterocycles. The van der Waals surface area contributed by atoms with E-state index in [1.807, 2.05) is 0 Å². The van der Waals surface area contributed by atoms with E-state index in [-0.39, 0.29) is 3.36 Å². The molecule has 0 aromatic carbocycles. The fourth-order valence-electron chi connectivity index (χ4n) is 3.76. The highest BCUT2D eigenvalue weighted by Gasteiger charge is 2.25. The Morgan fingerprint density at radius 1 is 0.615 bits per heavy atom. The van der Waals surface area contributed by atoms with Crippen LogP contribution in [0.25, 0.3) is 0 Å². The molecule has 1 unspecified atom stereocenters. The molecule has 0 saturated carbocycles. The second-order valence-electron chi connectivity index (χ2n) is 8.17. The maximum atomic E-state index is 3.90. The van der Waals surface area contributed by atoms with E-state index in [1.54, 1.807) is 0 Å². The minimum atomic E-state index is -0.0647. The van der Waals surface area contributed by atoms with Crippen LogP contribution in [0.5, 0.6) is 0 Å². The van der Waals surface area contributed by atoms with E-state index in [9.17, 15) is 0 Å². The van der Waals surface area contributed by atoms with Crippen molar-refractivity contribution in [1.29, 1.82) is 0 Å². The molecular weight excluding hydrogens is 450 g/mol. The minimum Gasteiger partial charge on any atom is -0.293 e. The molecule has 0 bridgehead atoms. The largest absolute Gasteiger partial charge is 0.293 e. The van der Waals surface area contributed by atoms with Crippen molar-refractivity contribution in [2.75, 3.05) is 6.54 Å². The summed E-state index contributed by atoms with van der Waals surface area (Å²) >= 11 is 7.80. The van der Waals surface area contributed by atoms with Crippen LogP contribution in [-0.2, 0) is 0 Å². The van der Waals surface area contributed by atoms with Crippen molar-refractivity contribution < 1.29 is 0 Å². The molecular formula is C23H47Br2N. The van der Waals surface area contributed by atoms with Gasteiger partial charge in [-0.25, -0.2) is 0 Å². The van der Waals surface area contributed by atoms with Gasteiger partial charge in [-0.3, -0.25) is 5.32 Å². The molecule has 158 valence electrons. The van der Waals surface area contributed by atoms with Crippen molar-refractivity contribution in [3.63, 3.8) is 0 Å². The zero-order valence-electron chi connectivity index (χ0n) is 18.1. The summed E-state index contributed by atoms with van der Waals surface area (Å²) in [6.45, 7) is 8.01. The molecule has 1 atom stereocenters. The van der Waals surface area contributed by atoms with Gasteiger partial charge in [0.05, 0.1) is 0 Å². The van der Waals surface area contributed by atoms with E-state index in [0.717, 1.165) is 12.5 Å². The Labute approximate surface area is 182 Å². The van der Waals surface area contributed by atoms with Gasteiger partial charge in [-0.2, -0.15) is 0 Å². The van der Waals surface area contributed by atoms with Gasteiger partial charge in [0.25, 0.3) is 0 Å². The van der Waals surface area contributed by atoms with Crippen molar-refractivity contribution in [3.8, 4) is 0 Å². The maximum absolute atomic E-state index is 3.90. The quantitative estimate of drug-likeness (QED) is 0.100. The van der Waals surface area contributed by atoms with Crippen LogP contribution in [-0.4, -0.2) is 9.90 Å². The first-order chi connectivity index (χ1) is 12.6. The van der Waals surface area contributed by atoms with Crippen LogP contribution in [0, 0.1) is 5.92 Å². The van der Waals surface area contributed by atoms with Gasteiger partial charge in [0.1, 0.15) is 3.36 Å². The summed E-state index contributed by atoms with van der Waals surface area (Å²) in [4.78, 5) is 0.